The average Bonchev–Trinajstić information content (AvgIpc) is 2.38. The van der Waals surface area contributed by atoms with Gasteiger partial charge in [0.05, 0.1) is 18.7 Å². The number of aliphatic hydroxyl groups is 1. The molecule has 2 unspecified atom stereocenters. The summed E-state index contributed by atoms with van der Waals surface area (Å²) in [7, 11) is 0. The van der Waals surface area contributed by atoms with Gasteiger partial charge in [0.15, 0.2) is 0 Å². The van der Waals surface area contributed by atoms with Crippen molar-refractivity contribution >= 4 is 5.91 Å². The van der Waals surface area contributed by atoms with Gasteiger partial charge in [-0.25, -0.2) is 0 Å². The maximum absolute atomic E-state index is 11.7. The van der Waals surface area contributed by atoms with Gasteiger partial charge >= 0.3 is 0 Å². The van der Waals surface area contributed by atoms with Crippen molar-refractivity contribution in [2.24, 2.45) is 5.73 Å². The van der Waals surface area contributed by atoms with E-state index in [1.807, 2.05) is 6.92 Å². The zero-order valence-corrected chi connectivity index (χ0v) is 10.5. The number of hydrogen-bond acceptors (Lipinski definition) is 4. The van der Waals surface area contributed by atoms with Gasteiger partial charge in [0.25, 0.3) is 0 Å². The third kappa shape index (κ3) is 4.35. The van der Waals surface area contributed by atoms with Gasteiger partial charge in [-0.1, -0.05) is 19.1 Å². The van der Waals surface area contributed by atoms with E-state index in [4.69, 9.17) is 15.9 Å². The standard InChI is InChI=1S/C13H20N2O3/c1-2-10(8-16)15-13(18)12(14)7-9-3-5-11(17)6-4-9/h3-6,10,12,16-17H,2,7-8,14H2,1H3,(H,15,18). The van der Waals surface area contributed by atoms with Crippen molar-refractivity contribution in [3.8, 4) is 5.75 Å². The van der Waals surface area contributed by atoms with E-state index in [1.165, 1.54) is 0 Å². The maximum Gasteiger partial charge on any atom is 0.237 e. The van der Waals surface area contributed by atoms with E-state index in [1.54, 1.807) is 24.3 Å². The highest BCUT2D eigenvalue weighted by Gasteiger charge is 2.17. The van der Waals surface area contributed by atoms with Crippen molar-refractivity contribution in [3.63, 3.8) is 0 Å². The third-order valence-electron chi connectivity index (χ3n) is 2.79. The second-order valence-corrected chi connectivity index (χ2v) is 4.27. The van der Waals surface area contributed by atoms with Gasteiger partial charge in [-0.3, -0.25) is 4.79 Å². The van der Waals surface area contributed by atoms with Crippen molar-refractivity contribution in [2.45, 2.75) is 31.8 Å². The van der Waals surface area contributed by atoms with E-state index in [2.05, 4.69) is 5.32 Å². The first-order valence-electron chi connectivity index (χ1n) is 6.01. The van der Waals surface area contributed by atoms with Gasteiger partial charge in [-0.15, -0.1) is 0 Å². The van der Waals surface area contributed by atoms with Gasteiger partial charge in [-0.2, -0.15) is 0 Å². The van der Waals surface area contributed by atoms with Crippen molar-refractivity contribution in [1.29, 1.82) is 0 Å². The fourth-order valence-corrected chi connectivity index (χ4v) is 1.56. The van der Waals surface area contributed by atoms with Gasteiger partial charge in [0, 0.05) is 0 Å². The zero-order chi connectivity index (χ0) is 13.5. The summed E-state index contributed by atoms with van der Waals surface area (Å²) < 4.78 is 0. The first-order chi connectivity index (χ1) is 8.56. The van der Waals surface area contributed by atoms with Crippen molar-refractivity contribution < 1.29 is 15.0 Å². The minimum Gasteiger partial charge on any atom is -0.508 e. The predicted octanol–water partition coefficient (Wildman–Crippen LogP) is 0.149. The highest BCUT2D eigenvalue weighted by Crippen LogP contribution is 2.10. The summed E-state index contributed by atoms with van der Waals surface area (Å²) in [6.07, 6.45) is 1.06. The summed E-state index contributed by atoms with van der Waals surface area (Å²) in [6.45, 7) is 1.79. The van der Waals surface area contributed by atoms with Crippen LogP contribution in [0.5, 0.6) is 5.75 Å². The molecule has 0 heterocycles. The maximum atomic E-state index is 11.7. The predicted molar refractivity (Wildman–Crippen MR) is 69.1 cm³/mol. The van der Waals surface area contributed by atoms with Crippen LogP contribution in [0.3, 0.4) is 0 Å². The Balaban J connectivity index is 2.51. The number of phenolic OH excluding ortho intramolecular Hbond substituents is 1. The van der Waals surface area contributed by atoms with Crippen LogP contribution in [0.2, 0.25) is 0 Å². The van der Waals surface area contributed by atoms with Crippen LogP contribution in [0.4, 0.5) is 0 Å². The summed E-state index contributed by atoms with van der Waals surface area (Å²) in [4.78, 5) is 11.7. The number of aromatic hydroxyl groups is 1. The molecule has 0 fully saturated rings. The summed E-state index contributed by atoms with van der Waals surface area (Å²) in [5.41, 5.74) is 6.67. The monoisotopic (exact) mass is 252 g/mol. The van der Waals surface area contributed by atoms with Crippen LogP contribution in [0.1, 0.15) is 18.9 Å². The molecule has 2 atom stereocenters. The van der Waals surface area contributed by atoms with Crippen LogP contribution in [0.15, 0.2) is 24.3 Å². The van der Waals surface area contributed by atoms with Crippen molar-refractivity contribution in [1.82, 2.24) is 5.32 Å². The van der Waals surface area contributed by atoms with Crippen LogP contribution in [-0.2, 0) is 11.2 Å². The number of nitrogens with one attached hydrogen (secondary N) is 1. The van der Waals surface area contributed by atoms with E-state index in [0.29, 0.717) is 12.8 Å². The SMILES string of the molecule is CCC(CO)NC(=O)C(N)Cc1ccc(O)cc1. The molecule has 1 aromatic carbocycles. The van der Waals surface area contributed by atoms with Gasteiger partial charge in [-0.05, 0) is 30.5 Å². The normalized spacial score (nSPS) is 13.9. The molecule has 5 heteroatoms. The molecule has 5 N–H and O–H groups in total. The second-order valence-electron chi connectivity index (χ2n) is 4.27. The minimum absolute atomic E-state index is 0.0891. The first-order valence-corrected chi connectivity index (χ1v) is 6.01. The molecule has 0 bridgehead atoms. The smallest absolute Gasteiger partial charge is 0.237 e. The van der Waals surface area contributed by atoms with Gasteiger partial charge in [0.1, 0.15) is 5.75 Å². The second kappa shape index (κ2) is 6.98. The van der Waals surface area contributed by atoms with Crippen LogP contribution in [-0.4, -0.2) is 34.8 Å². The fraction of sp³-hybridized carbons (Fsp3) is 0.462. The molecule has 0 aliphatic carbocycles. The van der Waals surface area contributed by atoms with Crippen molar-refractivity contribution in [3.05, 3.63) is 29.8 Å². The van der Waals surface area contributed by atoms with Crippen LogP contribution in [0.25, 0.3) is 0 Å². The highest BCUT2D eigenvalue weighted by molar-refractivity contribution is 5.82. The molecule has 5 nitrogen and oxygen atoms in total. The lowest BCUT2D eigenvalue weighted by molar-refractivity contribution is -0.123. The summed E-state index contributed by atoms with van der Waals surface area (Å²) in [5, 5.41) is 20.8. The summed E-state index contributed by atoms with van der Waals surface area (Å²) >= 11 is 0. The molecule has 1 amide bonds. The lowest BCUT2D eigenvalue weighted by Crippen LogP contribution is -2.47. The average molecular weight is 252 g/mol. The van der Waals surface area contributed by atoms with E-state index in [-0.39, 0.29) is 24.3 Å². The Labute approximate surface area is 107 Å². The number of nitrogens with two attached hydrogens (primary N) is 1. The molecule has 18 heavy (non-hydrogen) atoms. The Kier molecular flexibility index (Phi) is 5.61. The molecule has 0 aliphatic heterocycles. The quantitative estimate of drug-likeness (QED) is 0.579. The molecule has 0 aromatic heterocycles. The molecule has 0 saturated carbocycles. The highest BCUT2D eigenvalue weighted by atomic mass is 16.3. The lowest BCUT2D eigenvalue weighted by atomic mass is 10.1. The van der Waals surface area contributed by atoms with Crippen LogP contribution >= 0.6 is 0 Å². The van der Waals surface area contributed by atoms with E-state index >= 15 is 0 Å². The number of hydrogen-bond donors (Lipinski definition) is 4. The molecule has 0 spiro atoms. The number of carbonyl (C=O) groups excluding carboxylic acids is 1. The number of carbonyl (C=O) groups is 1. The molecular formula is C13H20N2O3. The lowest BCUT2D eigenvalue weighted by Gasteiger charge is -2.17. The molecular weight excluding hydrogens is 232 g/mol. The molecule has 1 rings (SSSR count). The fourth-order valence-electron chi connectivity index (χ4n) is 1.56. The number of phenols is 1. The number of aliphatic hydroxyl groups excluding tert-OH is 1. The Hall–Kier alpha value is -1.59. The van der Waals surface area contributed by atoms with Crippen molar-refractivity contribution in [2.75, 3.05) is 6.61 Å². The Morgan fingerprint density at radius 1 is 1.39 bits per heavy atom. The van der Waals surface area contributed by atoms with E-state index in [0.717, 1.165) is 5.56 Å². The van der Waals surface area contributed by atoms with Crippen LogP contribution in [0, 0.1) is 0 Å². The Morgan fingerprint density at radius 3 is 2.50 bits per heavy atom. The van der Waals surface area contributed by atoms with E-state index < -0.39 is 6.04 Å². The van der Waals surface area contributed by atoms with Gasteiger partial charge < -0.3 is 21.3 Å². The number of benzene rings is 1. The molecule has 100 valence electrons. The zero-order valence-electron chi connectivity index (χ0n) is 10.5. The first kappa shape index (κ1) is 14.5. The topological polar surface area (TPSA) is 95.6 Å². The molecule has 0 saturated heterocycles. The summed E-state index contributed by atoms with van der Waals surface area (Å²) in [6, 6.07) is 5.67. The van der Waals surface area contributed by atoms with Gasteiger partial charge in [0.2, 0.25) is 5.91 Å². The largest absolute Gasteiger partial charge is 0.508 e. The summed E-state index contributed by atoms with van der Waals surface area (Å²) in [5.74, 6) is -0.0907. The third-order valence-corrected chi connectivity index (χ3v) is 2.79. The number of amides is 1. The molecule has 1 aromatic rings. The Bertz CT molecular complexity index is 374. The molecule has 0 radical (unpaired) electrons. The van der Waals surface area contributed by atoms with E-state index in [9.17, 15) is 4.79 Å². The Morgan fingerprint density at radius 2 is 2.00 bits per heavy atom. The van der Waals surface area contributed by atoms with Crippen LogP contribution < -0.4 is 11.1 Å². The number of rotatable bonds is 6. The minimum atomic E-state index is -0.657. The molecule has 0 aliphatic rings.